The Morgan fingerprint density at radius 1 is 0.941 bits per heavy atom. The van der Waals surface area contributed by atoms with Crippen LogP contribution < -0.4 is 0 Å². The molecule has 0 fully saturated rings. The van der Waals surface area contributed by atoms with E-state index in [0.29, 0.717) is 25.0 Å². The molecule has 0 amide bonds. The molecule has 0 heterocycles. The zero-order chi connectivity index (χ0) is 13.0. The standard InChI is InChI=1S/C8H17Cl2O2PS4/c9-1-5-16-7-3-11-13(14,15)12-4-8-17-6-2-10/h1-8H2,(H,14,15). The van der Waals surface area contributed by atoms with Crippen molar-refractivity contribution in [3.8, 4) is 0 Å². The van der Waals surface area contributed by atoms with Crippen LogP contribution in [0.2, 0.25) is 0 Å². The Morgan fingerprint density at radius 2 is 1.35 bits per heavy atom. The van der Waals surface area contributed by atoms with Gasteiger partial charge in [0.1, 0.15) is 0 Å². The summed E-state index contributed by atoms with van der Waals surface area (Å²) in [6.45, 7) is 1.13. The van der Waals surface area contributed by atoms with E-state index in [-0.39, 0.29) is 0 Å². The number of alkyl halides is 2. The molecular formula is C8H17Cl2O2PS4. The maximum absolute atomic E-state index is 5.55. The highest BCUT2D eigenvalue weighted by molar-refractivity contribution is 8.60. The van der Waals surface area contributed by atoms with Crippen LogP contribution in [0, 0.1) is 0 Å². The van der Waals surface area contributed by atoms with E-state index in [1.54, 1.807) is 23.5 Å². The van der Waals surface area contributed by atoms with Gasteiger partial charge in [0.2, 0.25) is 5.69 Å². The van der Waals surface area contributed by atoms with Gasteiger partial charge in [-0.3, -0.25) is 0 Å². The lowest BCUT2D eigenvalue weighted by atomic mass is 10.9. The van der Waals surface area contributed by atoms with Gasteiger partial charge in [0.25, 0.3) is 0 Å². The Labute approximate surface area is 133 Å². The molecule has 9 heteroatoms. The fourth-order valence-corrected chi connectivity index (χ4v) is 4.36. The molecule has 0 aliphatic rings. The SMILES string of the molecule is S=P(S)(OCCSCCCl)OCCSCCCl. The normalized spacial score (nSPS) is 11.9. The monoisotopic (exact) mass is 374 g/mol. The molecule has 0 rings (SSSR count). The van der Waals surface area contributed by atoms with Crippen LogP contribution in [0.25, 0.3) is 0 Å². The van der Waals surface area contributed by atoms with Crippen LogP contribution in [0.1, 0.15) is 0 Å². The highest BCUT2D eigenvalue weighted by atomic mass is 35.5. The van der Waals surface area contributed by atoms with Crippen molar-refractivity contribution in [3.63, 3.8) is 0 Å². The summed E-state index contributed by atoms with van der Waals surface area (Å²) in [6.07, 6.45) is 0. The molecule has 0 radical (unpaired) electrons. The minimum Gasteiger partial charge on any atom is -0.321 e. The summed E-state index contributed by atoms with van der Waals surface area (Å²) >= 11 is 24.0. The zero-order valence-corrected chi connectivity index (χ0v) is 15.1. The maximum Gasteiger partial charge on any atom is 0.244 e. The molecule has 17 heavy (non-hydrogen) atoms. The first-order valence-corrected chi connectivity index (χ1v) is 12.2. The Bertz CT molecular complexity index is 206. The van der Waals surface area contributed by atoms with Crippen molar-refractivity contribution >= 4 is 76.5 Å². The topological polar surface area (TPSA) is 18.5 Å². The number of thiol groups is 1. The van der Waals surface area contributed by atoms with Crippen LogP contribution in [0.4, 0.5) is 0 Å². The minimum atomic E-state index is -2.35. The third kappa shape index (κ3) is 14.4. The van der Waals surface area contributed by atoms with Crippen molar-refractivity contribution in [2.45, 2.75) is 0 Å². The van der Waals surface area contributed by atoms with Gasteiger partial charge in [0.05, 0.1) is 13.2 Å². The van der Waals surface area contributed by atoms with E-state index in [4.69, 9.17) is 44.1 Å². The van der Waals surface area contributed by atoms with Gasteiger partial charge in [-0.1, -0.05) is 12.2 Å². The summed E-state index contributed by atoms with van der Waals surface area (Å²) < 4.78 is 10.9. The Hall–Kier alpha value is 2.20. The lowest BCUT2D eigenvalue weighted by Crippen LogP contribution is -2.00. The smallest absolute Gasteiger partial charge is 0.244 e. The van der Waals surface area contributed by atoms with Gasteiger partial charge in [0, 0.05) is 34.8 Å². The average Bonchev–Trinajstić information content (AvgIpc) is 2.28. The molecule has 0 bridgehead atoms. The summed E-state index contributed by atoms with van der Waals surface area (Å²) in [7, 11) is 0. The lowest BCUT2D eigenvalue weighted by Gasteiger charge is -2.16. The van der Waals surface area contributed by atoms with Gasteiger partial charge in [0.15, 0.2) is 0 Å². The van der Waals surface area contributed by atoms with Gasteiger partial charge in [-0.05, 0) is 11.8 Å². The molecule has 0 aromatic rings. The average molecular weight is 375 g/mol. The molecule has 104 valence electrons. The number of hydrogen-bond acceptors (Lipinski definition) is 5. The van der Waals surface area contributed by atoms with Crippen molar-refractivity contribution < 1.29 is 9.05 Å². The first kappa shape index (κ1) is 19.2. The number of hydrogen-bond donors (Lipinski definition) is 1. The van der Waals surface area contributed by atoms with E-state index >= 15 is 0 Å². The molecule has 0 spiro atoms. The summed E-state index contributed by atoms with van der Waals surface area (Å²) in [4.78, 5) is 0. The molecule has 2 nitrogen and oxygen atoms in total. The van der Waals surface area contributed by atoms with Gasteiger partial charge < -0.3 is 9.05 Å². The van der Waals surface area contributed by atoms with Crippen LogP contribution in [-0.4, -0.2) is 48.0 Å². The molecule has 0 unspecified atom stereocenters. The molecular weight excluding hydrogens is 358 g/mol. The second-order valence-corrected chi connectivity index (χ2v) is 11.2. The van der Waals surface area contributed by atoms with Crippen LogP contribution in [0.15, 0.2) is 0 Å². The predicted octanol–water partition coefficient (Wildman–Crippen LogP) is 4.12. The second-order valence-electron chi connectivity index (χ2n) is 2.74. The first-order valence-electron chi connectivity index (χ1n) is 5.01. The first-order chi connectivity index (χ1) is 8.12. The van der Waals surface area contributed by atoms with Crippen molar-refractivity contribution in [2.75, 3.05) is 48.0 Å². The Balaban J connectivity index is 3.42. The van der Waals surface area contributed by atoms with Gasteiger partial charge in [-0.15, -0.1) is 23.2 Å². The molecule has 0 aromatic heterocycles. The number of halogens is 2. The maximum atomic E-state index is 5.55. The van der Waals surface area contributed by atoms with E-state index in [0.717, 1.165) is 23.0 Å². The van der Waals surface area contributed by atoms with Gasteiger partial charge >= 0.3 is 0 Å². The van der Waals surface area contributed by atoms with Crippen molar-refractivity contribution in [1.29, 1.82) is 0 Å². The molecule has 0 saturated heterocycles. The van der Waals surface area contributed by atoms with Crippen LogP contribution >= 0.6 is 64.7 Å². The minimum absolute atomic E-state index is 0.567. The van der Waals surface area contributed by atoms with E-state index in [9.17, 15) is 0 Å². The van der Waals surface area contributed by atoms with Crippen molar-refractivity contribution in [3.05, 3.63) is 0 Å². The van der Waals surface area contributed by atoms with Crippen molar-refractivity contribution in [2.24, 2.45) is 0 Å². The highest BCUT2D eigenvalue weighted by Crippen LogP contribution is 2.53. The molecule has 0 aliphatic heterocycles. The summed E-state index contributed by atoms with van der Waals surface area (Å²) in [5.74, 6) is 4.92. The highest BCUT2D eigenvalue weighted by Gasteiger charge is 2.12. The van der Waals surface area contributed by atoms with Gasteiger partial charge in [-0.2, -0.15) is 23.5 Å². The van der Waals surface area contributed by atoms with Crippen molar-refractivity contribution in [1.82, 2.24) is 0 Å². The quantitative estimate of drug-likeness (QED) is 0.239. The molecule has 0 aromatic carbocycles. The number of thioether (sulfide) groups is 2. The Kier molecular flexibility index (Phi) is 14.9. The Morgan fingerprint density at radius 3 is 1.71 bits per heavy atom. The molecule has 0 atom stereocenters. The van der Waals surface area contributed by atoms with Crippen LogP contribution in [-0.2, 0) is 20.9 Å². The molecule has 0 aliphatic carbocycles. The largest absolute Gasteiger partial charge is 0.321 e. The second kappa shape index (κ2) is 13.2. The van der Waals surface area contributed by atoms with Gasteiger partial charge in [-0.25, -0.2) is 0 Å². The summed E-state index contributed by atoms with van der Waals surface area (Å²) in [5, 5.41) is 0. The third-order valence-electron chi connectivity index (χ3n) is 1.41. The van der Waals surface area contributed by atoms with Crippen LogP contribution in [0.3, 0.4) is 0 Å². The molecule has 0 N–H and O–H groups in total. The fraction of sp³-hybridized carbons (Fsp3) is 1.00. The van der Waals surface area contributed by atoms with E-state index < -0.39 is 5.69 Å². The number of rotatable bonds is 12. The van der Waals surface area contributed by atoms with E-state index in [2.05, 4.69) is 12.2 Å². The summed E-state index contributed by atoms with van der Waals surface area (Å²) in [6, 6.07) is 0. The summed E-state index contributed by atoms with van der Waals surface area (Å²) in [5.41, 5.74) is -2.35. The molecule has 0 saturated carbocycles. The predicted molar refractivity (Wildman–Crippen MR) is 91.3 cm³/mol. The van der Waals surface area contributed by atoms with Crippen LogP contribution in [0.5, 0.6) is 0 Å². The zero-order valence-electron chi connectivity index (χ0n) is 9.35. The van der Waals surface area contributed by atoms with E-state index in [1.165, 1.54) is 0 Å². The fourth-order valence-electron chi connectivity index (χ4n) is 0.774. The third-order valence-corrected chi connectivity index (χ3v) is 6.47. The van der Waals surface area contributed by atoms with E-state index in [1.807, 2.05) is 0 Å². The lowest BCUT2D eigenvalue weighted by molar-refractivity contribution is 0.284.